The molecule has 0 amide bonds. The van der Waals surface area contributed by atoms with Crippen LogP contribution in [0, 0.1) is 0 Å². The predicted molar refractivity (Wildman–Crippen MR) is 54.2 cm³/mol. The average Bonchev–Trinajstić information content (AvgIpc) is 2.05. The van der Waals surface area contributed by atoms with E-state index >= 15 is 0 Å². The average molecular weight is 187 g/mol. The molecule has 0 bridgehead atoms. The van der Waals surface area contributed by atoms with E-state index in [0.717, 1.165) is 6.42 Å². The molecule has 0 aromatic carbocycles. The third kappa shape index (κ3) is 2.67. The highest BCUT2D eigenvalue weighted by Gasteiger charge is 2.31. The molecule has 0 aliphatic heterocycles. The van der Waals surface area contributed by atoms with Crippen molar-refractivity contribution in [3.05, 3.63) is 0 Å². The van der Waals surface area contributed by atoms with Crippen molar-refractivity contribution < 1.29 is 4.74 Å². The Kier molecular flexibility index (Phi) is 3.91. The van der Waals surface area contributed by atoms with E-state index in [-0.39, 0.29) is 11.0 Å². The van der Waals surface area contributed by atoms with Gasteiger partial charge in [0.25, 0.3) is 0 Å². The van der Waals surface area contributed by atoms with Gasteiger partial charge in [-0.2, -0.15) is 0 Å². The quantitative estimate of drug-likeness (QED) is 0.655. The van der Waals surface area contributed by atoms with Crippen molar-refractivity contribution in [2.24, 2.45) is 0 Å². The lowest BCUT2D eigenvalue weighted by molar-refractivity contribution is -0.0790. The number of hydrogen-bond acceptors (Lipinski definition) is 1. The van der Waals surface area contributed by atoms with Gasteiger partial charge in [0.15, 0.2) is 0 Å². The van der Waals surface area contributed by atoms with Crippen LogP contribution in [0.25, 0.3) is 0 Å². The summed E-state index contributed by atoms with van der Waals surface area (Å²) in [5.74, 6) is 0. The summed E-state index contributed by atoms with van der Waals surface area (Å²) < 4.78 is 5.84. The van der Waals surface area contributed by atoms with Crippen molar-refractivity contribution in [2.45, 2.75) is 63.4 Å². The van der Waals surface area contributed by atoms with Crippen LogP contribution in [0.2, 0.25) is 0 Å². The molecule has 1 nitrogen and oxygen atoms in total. The minimum absolute atomic E-state index is 0.0250. The molecule has 0 saturated heterocycles. The van der Waals surface area contributed by atoms with E-state index in [1.165, 1.54) is 32.1 Å². The zero-order valence-electron chi connectivity index (χ0n) is 8.14. The van der Waals surface area contributed by atoms with Gasteiger partial charge in [0.1, 0.15) is 5.44 Å². The minimum Gasteiger partial charge on any atom is -0.361 e. The molecule has 71 valence electrons. The second-order valence-electron chi connectivity index (χ2n) is 3.78. The van der Waals surface area contributed by atoms with Crippen molar-refractivity contribution in [1.82, 2.24) is 0 Å². The molecule has 0 aromatic heterocycles. The summed E-state index contributed by atoms with van der Waals surface area (Å²) in [6.07, 6.45) is 7.55. The summed E-state index contributed by atoms with van der Waals surface area (Å²) >= 11 is 5.08. The molecule has 2 heteroatoms. The Morgan fingerprint density at radius 2 is 1.92 bits per heavy atom. The van der Waals surface area contributed by atoms with E-state index in [2.05, 4.69) is 6.92 Å². The summed E-state index contributed by atoms with van der Waals surface area (Å²) in [6.45, 7) is 4.17. The maximum absolute atomic E-state index is 5.84. The van der Waals surface area contributed by atoms with Gasteiger partial charge in [-0.1, -0.05) is 38.8 Å². The first-order chi connectivity index (χ1) is 5.68. The molecule has 0 heterocycles. The molecule has 1 aliphatic carbocycles. The molecule has 0 aromatic rings. The molecular formula is C10H19OS. The molecule has 1 fully saturated rings. The lowest BCUT2D eigenvalue weighted by Gasteiger charge is -2.37. The fourth-order valence-electron chi connectivity index (χ4n) is 2.10. The molecule has 1 aliphatic rings. The summed E-state index contributed by atoms with van der Waals surface area (Å²) in [4.78, 5) is 0. The summed E-state index contributed by atoms with van der Waals surface area (Å²) in [7, 11) is 0. The van der Waals surface area contributed by atoms with E-state index in [0.29, 0.717) is 0 Å². The normalized spacial score (nSPS) is 25.2. The maximum Gasteiger partial charge on any atom is 0.111 e. The SMILES string of the molecule is CCC1(OC(C)[S])CCCCC1. The molecule has 1 rings (SSSR count). The van der Waals surface area contributed by atoms with Gasteiger partial charge in [0, 0.05) is 0 Å². The number of ether oxygens (including phenoxy) is 1. The summed E-state index contributed by atoms with van der Waals surface area (Å²) in [5, 5.41) is 0. The molecule has 12 heavy (non-hydrogen) atoms. The minimum atomic E-state index is -0.0250. The maximum atomic E-state index is 5.84. The van der Waals surface area contributed by atoms with Gasteiger partial charge in [-0.3, -0.25) is 0 Å². The van der Waals surface area contributed by atoms with E-state index in [1.807, 2.05) is 6.92 Å². The topological polar surface area (TPSA) is 9.23 Å². The molecule has 1 unspecified atom stereocenters. The van der Waals surface area contributed by atoms with E-state index in [9.17, 15) is 0 Å². The third-order valence-electron chi connectivity index (χ3n) is 2.83. The molecule has 1 saturated carbocycles. The van der Waals surface area contributed by atoms with Crippen LogP contribution in [0.5, 0.6) is 0 Å². The van der Waals surface area contributed by atoms with Crippen LogP contribution < -0.4 is 0 Å². The Labute approximate surface area is 81.3 Å². The van der Waals surface area contributed by atoms with Crippen LogP contribution in [-0.4, -0.2) is 11.0 Å². The van der Waals surface area contributed by atoms with Gasteiger partial charge in [-0.15, -0.1) is 0 Å². The van der Waals surface area contributed by atoms with Crippen molar-refractivity contribution in [1.29, 1.82) is 0 Å². The molecule has 0 spiro atoms. The van der Waals surface area contributed by atoms with Crippen LogP contribution in [0.4, 0.5) is 0 Å². The number of rotatable bonds is 3. The van der Waals surface area contributed by atoms with Crippen LogP contribution in [0.3, 0.4) is 0 Å². The smallest absolute Gasteiger partial charge is 0.111 e. The standard InChI is InChI=1S/C10H19OS/c1-3-10(11-9(2)12)7-5-4-6-8-10/h9H,3-8H2,1-2H3. The van der Waals surface area contributed by atoms with E-state index in [1.54, 1.807) is 0 Å². The van der Waals surface area contributed by atoms with Gasteiger partial charge < -0.3 is 4.74 Å². The van der Waals surface area contributed by atoms with E-state index < -0.39 is 0 Å². The lowest BCUT2D eigenvalue weighted by Crippen LogP contribution is -2.36. The van der Waals surface area contributed by atoms with E-state index in [4.69, 9.17) is 17.4 Å². The zero-order valence-corrected chi connectivity index (χ0v) is 8.95. The van der Waals surface area contributed by atoms with Gasteiger partial charge >= 0.3 is 0 Å². The molecule has 1 radical (unpaired) electrons. The van der Waals surface area contributed by atoms with Gasteiger partial charge in [0.2, 0.25) is 0 Å². The third-order valence-corrected chi connectivity index (χ3v) is 2.92. The Hall–Kier alpha value is 0.310. The monoisotopic (exact) mass is 187 g/mol. The van der Waals surface area contributed by atoms with Crippen molar-refractivity contribution in [3.8, 4) is 0 Å². The second kappa shape index (κ2) is 4.52. The van der Waals surface area contributed by atoms with Crippen LogP contribution in [0.15, 0.2) is 0 Å². The summed E-state index contributed by atoms with van der Waals surface area (Å²) in [5.41, 5.74) is 0.113. The Balaban J connectivity index is 2.48. The number of hydrogen-bond donors (Lipinski definition) is 0. The molecular weight excluding hydrogens is 168 g/mol. The first-order valence-corrected chi connectivity index (χ1v) is 5.49. The molecule has 1 atom stereocenters. The van der Waals surface area contributed by atoms with Gasteiger partial charge in [-0.05, 0) is 26.2 Å². The Morgan fingerprint density at radius 3 is 2.33 bits per heavy atom. The largest absolute Gasteiger partial charge is 0.361 e. The van der Waals surface area contributed by atoms with Gasteiger partial charge in [-0.25, -0.2) is 0 Å². The fourth-order valence-corrected chi connectivity index (χ4v) is 2.31. The van der Waals surface area contributed by atoms with Gasteiger partial charge in [0.05, 0.1) is 5.60 Å². The predicted octanol–water partition coefficient (Wildman–Crippen LogP) is 3.66. The Bertz CT molecular complexity index is 128. The summed E-state index contributed by atoms with van der Waals surface area (Å²) in [6, 6.07) is 0. The lowest BCUT2D eigenvalue weighted by atomic mass is 9.83. The highest BCUT2D eigenvalue weighted by atomic mass is 32.1. The highest BCUT2D eigenvalue weighted by molar-refractivity contribution is 7.80. The first-order valence-electron chi connectivity index (χ1n) is 5.02. The van der Waals surface area contributed by atoms with Crippen molar-refractivity contribution in [2.75, 3.05) is 0 Å². The van der Waals surface area contributed by atoms with Crippen LogP contribution in [0.1, 0.15) is 52.4 Å². The van der Waals surface area contributed by atoms with Crippen molar-refractivity contribution >= 4 is 12.6 Å². The Morgan fingerprint density at radius 1 is 1.33 bits per heavy atom. The second-order valence-corrected chi connectivity index (χ2v) is 4.45. The fraction of sp³-hybridized carbons (Fsp3) is 1.00. The van der Waals surface area contributed by atoms with Crippen molar-refractivity contribution in [3.63, 3.8) is 0 Å². The first kappa shape index (κ1) is 10.4. The zero-order chi connectivity index (χ0) is 9.03. The van der Waals surface area contributed by atoms with Crippen LogP contribution in [-0.2, 0) is 4.74 Å². The van der Waals surface area contributed by atoms with Crippen LogP contribution >= 0.6 is 12.6 Å². The molecule has 0 N–H and O–H groups in total. The highest BCUT2D eigenvalue weighted by Crippen LogP contribution is 2.35.